The zero-order valence-corrected chi connectivity index (χ0v) is 19.3. The maximum absolute atomic E-state index is 12.7. The summed E-state index contributed by atoms with van der Waals surface area (Å²) >= 11 is 0. The number of hydrogen-bond acceptors (Lipinski definition) is 7. The summed E-state index contributed by atoms with van der Waals surface area (Å²) in [6, 6.07) is 9.56. The summed E-state index contributed by atoms with van der Waals surface area (Å²) in [4.78, 5) is 51.5. The molecule has 0 fully saturated rings. The summed E-state index contributed by atoms with van der Waals surface area (Å²) in [6.07, 6.45) is -0.367. The molecule has 9 heteroatoms. The van der Waals surface area contributed by atoms with Crippen LogP contribution in [0.2, 0.25) is 0 Å². The van der Waals surface area contributed by atoms with E-state index >= 15 is 0 Å². The number of ether oxygens (including phenoxy) is 3. The van der Waals surface area contributed by atoms with Crippen molar-refractivity contribution in [3.8, 4) is 11.5 Å². The van der Waals surface area contributed by atoms with Crippen molar-refractivity contribution in [2.45, 2.75) is 39.8 Å². The minimum Gasteiger partial charge on any atom is -0.454 e. The van der Waals surface area contributed by atoms with Crippen LogP contribution in [0.5, 0.6) is 11.5 Å². The molecule has 1 unspecified atom stereocenters. The maximum Gasteiger partial charge on any atom is 0.338 e. The average molecular weight is 466 g/mol. The minimum absolute atomic E-state index is 0.0982. The number of benzene rings is 2. The quantitative estimate of drug-likeness (QED) is 0.470. The predicted molar refractivity (Wildman–Crippen MR) is 121 cm³/mol. The van der Waals surface area contributed by atoms with Crippen LogP contribution in [-0.2, 0) is 16.1 Å². The first kappa shape index (κ1) is 23.3. The molecule has 2 aliphatic rings. The third kappa shape index (κ3) is 4.73. The Bertz CT molecular complexity index is 1160. The van der Waals surface area contributed by atoms with Crippen LogP contribution in [0.15, 0.2) is 36.4 Å². The van der Waals surface area contributed by atoms with Crippen LogP contribution in [0.4, 0.5) is 0 Å². The zero-order chi connectivity index (χ0) is 24.4. The molecule has 1 N–H and O–H groups in total. The third-order valence-electron chi connectivity index (χ3n) is 5.69. The van der Waals surface area contributed by atoms with Crippen LogP contribution in [0.3, 0.4) is 0 Å². The van der Waals surface area contributed by atoms with Gasteiger partial charge in [-0.1, -0.05) is 19.9 Å². The summed E-state index contributed by atoms with van der Waals surface area (Å²) in [7, 11) is 0. The van der Waals surface area contributed by atoms with E-state index in [9.17, 15) is 19.2 Å². The number of fused-ring (bicyclic) bond motifs is 2. The van der Waals surface area contributed by atoms with Crippen LogP contribution >= 0.6 is 0 Å². The highest BCUT2D eigenvalue weighted by Gasteiger charge is 2.36. The molecule has 0 aromatic heterocycles. The van der Waals surface area contributed by atoms with E-state index < -0.39 is 23.9 Å². The monoisotopic (exact) mass is 466 g/mol. The van der Waals surface area contributed by atoms with Gasteiger partial charge in [0.15, 0.2) is 17.6 Å². The van der Waals surface area contributed by atoms with Gasteiger partial charge in [0, 0.05) is 13.1 Å². The lowest BCUT2D eigenvalue weighted by Crippen LogP contribution is -2.35. The molecule has 2 aromatic carbocycles. The van der Waals surface area contributed by atoms with E-state index in [1.165, 1.54) is 30.0 Å². The maximum atomic E-state index is 12.7. The number of rotatable bonds is 8. The topological polar surface area (TPSA) is 111 Å². The van der Waals surface area contributed by atoms with Crippen LogP contribution in [-0.4, -0.2) is 48.0 Å². The molecule has 0 saturated heterocycles. The molecule has 0 radical (unpaired) electrons. The molecule has 2 aliphatic heterocycles. The first-order chi connectivity index (χ1) is 16.2. The Hall–Kier alpha value is -3.88. The lowest BCUT2D eigenvalue weighted by Gasteiger charge is -2.14. The Morgan fingerprint density at radius 3 is 2.50 bits per heavy atom. The third-order valence-corrected chi connectivity index (χ3v) is 5.69. The molecular weight excluding hydrogens is 440 g/mol. The van der Waals surface area contributed by atoms with Crippen LogP contribution < -0.4 is 14.8 Å². The predicted octanol–water partition coefficient (Wildman–Crippen LogP) is 2.92. The van der Waals surface area contributed by atoms with E-state index in [0.29, 0.717) is 30.4 Å². The molecule has 9 nitrogen and oxygen atoms in total. The van der Waals surface area contributed by atoms with E-state index in [2.05, 4.69) is 5.32 Å². The van der Waals surface area contributed by atoms with Gasteiger partial charge in [-0.25, -0.2) is 4.79 Å². The van der Waals surface area contributed by atoms with E-state index in [1.54, 1.807) is 18.2 Å². The number of esters is 1. The van der Waals surface area contributed by atoms with Gasteiger partial charge in [0.2, 0.25) is 6.79 Å². The van der Waals surface area contributed by atoms with Crippen LogP contribution in [0.1, 0.15) is 63.8 Å². The van der Waals surface area contributed by atoms with Gasteiger partial charge in [0.1, 0.15) is 0 Å². The molecule has 178 valence electrons. The Morgan fingerprint density at radius 1 is 1.00 bits per heavy atom. The van der Waals surface area contributed by atoms with Crippen molar-refractivity contribution in [1.29, 1.82) is 0 Å². The smallest absolute Gasteiger partial charge is 0.338 e. The highest BCUT2D eigenvalue weighted by Crippen LogP contribution is 2.32. The van der Waals surface area contributed by atoms with E-state index in [1.807, 2.05) is 13.8 Å². The molecule has 0 spiro atoms. The van der Waals surface area contributed by atoms with Crippen molar-refractivity contribution in [2.75, 3.05) is 13.3 Å². The average Bonchev–Trinajstić information content (AvgIpc) is 3.38. The van der Waals surface area contributed by atoms with Gasteiger partial charge < -0.3 is 19.5 Å². The first-order valence-electron chi connectivity index (χ1n) is 11.1. The molecule has 0 saturated carbocycles. The van der Waals surface area contributed by atoms with E-state index in [-0.39, 0.29) is 35.9 Å². The number of imide groups is 1. The second kappa shape index (κ2) is 9.54. The van der Waals surface area contributed by atoms with Crippen LogP contribution in [0.25, 0.3) is 0 Å². The summed E-state index contributed by atoms with van der Waals surface area (Å²) in [5.41, 5.74) is 1.34. The molecular formula is C25H26N2O7. The summed E-state index contributed by atoms with van der Waals surface area (Å²) in [5.74, 6) is -0.421. The second-order valence-corrected chi connectivity index (χ2v) is 8.66. The fourth-order valence-electron chi connectivity index (χ4n) is 3.67. The highest BCUT2D eigenvalue weighted by molar-refractivity contribution is 6.22. The number of nitrogens with one attached hydrogen (secondary N) is 1. The van der Waals surface area contributed by atoms with Gasteiger partial charge in [0.05, 0.1) is 16.7 Å². The summed E-state index contributed by atoms with van der Waals surface area (Å²) in [6.45, 7) is 6.19. The number of hydrogen-bond donors (Lipinski definition) is 1. The van der Waals surface area contributed by atoms with Gasteiger partial charge in [0.25, 0.3) is 17.7 Å². The molecule has 2 aromatic rings. The largest absolute Gasteiger partial charge is 0.454 e. The number of carbonyl (C=O) groups excluding carboxylic acids is 4. The molecule has 4 rings (SSSR count). The Balaban J connectivity index is 1.35. The van der Waals surface area contributed by atoms with Crippen molar-refractivity contribution in [3.63, 3.8) is 0 Å². The lowest BCUT2D eigenvalue weighted by atomic mass is 10.1. The van der Waals surface area contributed by atoms with Crippen molar-refractivity contribution in [2.24, 2.45) is 5.92 Å². The zero-order valence-electron chi connectivity index (χ0n) is 19.3. The number of carbonyl (C=O) groups is 4. The minimum atomic E-state index is -1.06. The fraction of sp³-hybridized carbons (Fsp3) is 0.360. The highest BCUT2D eigenvalue weighted by atomic mass is 16.7. The fourth-order valence-corrected chi connectivity index (χ4v) is 3.67. The van der Waals surface area contributed by atoms with Crippen molar-refractivity contribution in [3.05, 3.63) is 58.7 Å². The van der Waals surface area contributed by atoms with Gasteiger partial charge in [-0.3, -0.25) is 19.3 Å². The lowest BCUT2D eigenvalue weighted by molar-refractivity contribution is -0.129. The second-order valence-electron chi connectivity index (χ2n) is 8.66. The molecule has 2 heterocycles. The van der Waals surface area contributed by atoms with E-state index in [0.717, 1.165) is 5.56 Å². The normalized spacial score (nSPS) is 14.9. The SMILES string of the molecule is CC(C)CCN1C(=O)c2ccc(C(=O)OC(C)C(=O)NCc3ccc4c(c3)OCO4)cc2C1=O. The van der Waals surface area contributed by atoms with Gasteiger partial charge in [-0.2, -0.15) is 0 Å². The van der Waals surface area contributed by atoms with Gasteiger partial charge >= 0.3 is 5.97 Å². The Labute approximate surface area is 197 Å². The molecule has 3 amide bonds. The molecule has 34 heavy (non-hydrogen) atoms. The standard InChI is InChI=1S/C25H26N2O7/c1-14(2)8-9-27-23(29)18-6-5-17(11-19(18)24(27)30)25(31)34-15(3)22(28)26-12-16-4-7-20-21(10-16)33-13-32-20/h4-7,10-11,14-15H,8-9,12-13H2,1-3H3,(H,26,28). The number of nitrogens with zero attached hydrogens (tertiary/aromatic N) is 1. The summed E-state index contributed by atoms with van der Waals surface area (Å²) in [5, 5.41) is 2.71. The van der Waals surface area contributed by atoms with Gasteiger partial charge in [-0.15, -0.1) is 0 Å². The molecule has 1 atom stereocenters. The molecule has 0 bridgehead atoms. The first-order valence-corrected chi connectivity index (χ1v) is 11.1. The Morgan fingerprint density at radius 2 is 1.74 bits per heavy atom. The van der Waals surface area contributed by atoms with Crippen molar-refractivity contribution in [1.82, 2.24) is 10.2 Å². The molecule has 0 aliphatic carbocycles. The number of amides is 3. The van der Waals surface area contributed by atoms with Gasteiger partial charge in [-0.05, 0) is 55.2 Å². The summed E-state index contributed by atoms with van der Waals surface area (Å²) < 4.78 is 15.9. The van der Waals surface area contributed by atoms with Crippen molar-refractivity contribution >= 4 is 23.7 Å². The van der Waals surface area contributed by atoms with E-state index in [4.69, 9.17) is 14.2 Å². The van der Waals surface area contributed by atoms with Crippen LogP contribution in [0, 0.1) is 5.92 Å². The Kier molecular flexibility index (Phi) is 6.54. The van der Waals surface area contributed by atoms with Crippen molar-refractivity contribution < 1.29 is 33.4 Å².